The Morgan fingerprint density at radius 3 is 2.47 bits per heavy atom. The normalized spacial score (nSPS) is 10.9. The second-order valence-electron chi connectivity index (χ2n) is 4.18. The molecule has 4 nitrogen and oxygen atoms in total. The van der Waals surface area contributed by atoms with Crippen molar-refractivity contribution < 1.29 is 4.74 Å². The van der Waals surface area contributed by atoms with Gasteiger partial charge in [-0.1, -0.05) is 11.6 Å². The van der Waals surface area contributed by atoms with Gasteiger partial charge in [0.1, 0.15) is 5.75 Å². The van der Waals surface area contributed by atoms with E-state index in [1.807, 2.05) is 36.4 Å². The van der Waals surface area contributed by atoms with E-state index in [4.69, 9.17) is 22.2 Å². The first-order chi connectivity index (χ1) is 9.22. The van der Waals surface area contributed by atoms with Crippen molar-refractivity contribution in [1.82, 2.24) is 4.98 Å². The molecule has 0 amide bonds. The molecule has 3 rings (SSSR count). The number of halogens is 1. The highest BCUT2D eigenvalue weighted by Crippen LogP contribution is 2.33. The summed E-state index contributed by atoms with van der Waals surface area (Å²) in [7, 11) is 1.63. The van der Waals surface area contributed by atoms with E-state index in [1.165, 1.54) is 0 Å². The zero-order chi connectivity index (χ0) is 13.4. The smallest absolute Gasteiger partial charge is 0.121 e. The van der Waals surface area contributed by atoms with Gasteiger partial charge in [-0.3, -0.25) is 5.84 Å². The number of hydrogen-bond donors (Lipinski definition) is 2. The zero-order valence-corrected chi connectivity index (χ0v) is 11.0. The number of nitrogens with zero attached hydrogens (tertiary/aromatic N) is 1. The summed E-state index contributed by atoms with van der Waals surface area (Å²) in [6.07, 6.45) is 0. The molecule has 0 saturated heterocycles. The number of benzene rings is 2. The summed E-state index contributed by atoms with van der Waals surface area (Å²) in [5, 5.41) is 2.52. The molecule has 0 bridgehead atoms. The summed E-state index contributed by atoms with van der Waals surface area (Å²) in [6.45, 7) is 0. The minimum Gasteiger partial charge on any atom is -0.497 e. The number of methoxy groups -OCH3 is 1. The van der Waals surface area contributed by atoms with Gasteiger partial charge < -0.3 is 10.2 Å². The SMILES string of the molecule is COc1ccc2c(NN)c3ccc(Cl)cc3nc2c1. The van der Waals surface area contributed by atoms with Crippen molar-refractivity contribution in [2.24, 2.45) is 5.84 Å². The number of anilines is 1. The Labute approximate surface area is 115 Å². The van der Waals surface area contributed by atoms with Gasteiger partial charge in [0.2, 0.25) is 0 Å². The summed E-state index contributed by atoms with van der Waals surface area (Å²) < 4.78 is 5.21. The molecular formula is C14H12ClN3O. The average molecular weight is 274 g/mol. The van der Waals surface area contributed by atoms with Gasteiger partial charge >= 0.3 is 0 Å². The van der Waals surface area contributed by atoms with Crippen molar-refractivity contribution >= 4 is 39.1 Å². The van der Waals surface area contributed by atoms with E-state index in [0.29, 0.717) is 5.02 Å². The summed E-state index contributed by atoms with van der Waals surface area (Å²) in [5.74, 6) is 6.40. The molecule has 0 aliphatic heterocycles. The molecule has 0 unspecified atom stereocenters. The molecule has 1 heterocycles. The molecule has 0 aliphatic carbocycles. The molecule has 0 radical (unpaired) electrons. The first-order valence-corrected chi connectivity index (χ1v) is 6.14. The third-order valence-corrected chi connectivity index (χ3v) is 3.32. The Bertz CT molecular complexity index is 773. The first-order valence-electron chi connectivity index (χ1n) is 5.76. The van der Waals surface area contributed by atoms with Crippen LogP contribution in [0.1, 0.15) is 0 Å². The third kappa shape index (κ3) is 1.95. The fourth-order valence-corrected chi connectivity index (χ4v) is 2.35. The van der Waals surface area contributed by atoms with Crippen molar-refractivity contribution in [2.45, 2.75) is 0 Å². The van der Waals surface area contributed by atoms with E-state index in [-0.39, 0.29) is 0 Å². The minimum absolute atomic E-state index is 0.644. The number of nitrogens with two attached hydrogens (primary N) is 1. The summed E-state index contributed by atoms with van der Waals surface area (Å²) in [4.78, 5) is 4.60. The lowest BCUT2D eigenvalue weighted by molar-refractivity contribution is 0.415. The topological polar surface area (TPSA) is 60.2 Å². The van der Waals surface area contributed by atoms with Crippen molar-refractivity contribution in [2.75, 3.05) is 12.5 Å². The fraction of sp³-hybridized carbons (Fsp3) is 0.0714. The predicted octanol–water partition coefficient (Wildman–Crippen LogP) is 3.34. The second-order valence-corrected chi connectivity index (χ2v) is 4.61. The maximum absolute atomic E-state index is 6.01. The van der Waals surface area contributed by atoms with Crippen molar-refractivity contribution in [3.05, 3.63) is 41.4 Å². The zero-order valence-electron chi connectivity index (χ0n) is 10.3. The quantitative estimate of drug-likeness (QED) is 0.427. The van der Waals surface area contributed by atoms with Crippen LogP contribution >= 0.6 is 11.6 Å². The lowest BCUT2D eigenvalue weighted by Gasteiger charge is -2.11. The predicted molar refractivity (Wildman–Crippen MR) is 78.6 cm³/mol. The molecule has 1 aromatic heterocycles. The third-order valence-electron chi connectivity index (χ3n) is 3.09. The van der Waals surface area contributed by atoms with Gasteiger partial charge in [0.15, 0.2) is 0 Å². The molecule has 0 atom stereocenters. The molecule has 3 aromatic rings. The molecule has 3 N–H and O–H groups in total. The highest BCUT2D eigenvalue weighted by atomic mass is 35.5. The van der Waals surface area contributed by atoms with E-state index >= 15 is 0 Å². The number of pyridine rings is 1. The van der Waals surface area contributed by atoms with Gasteiger partial charge in [-0.2, -0.15) is 0 Å². The number of aromatic nitrogens is 1. The van der Waals surface area contributed by atoms with Crippen LogP contribution in [0.5, 0.6) is 5.75 Å². The van der Waals surface area contributed by atoms with E-state index in [2.05, 4.69) is 10.4 Å². The molecule has 0 aliphatic rings. The lowest BCUT2D eigenvalue weighted by atomic mass is 10.1. The molecule has 0 fully saturated rings. The highest BCUT2D eigenvalue weighted by molar-refractivity contribution is 6.31. The first kappa shape index (κ1) is 12.0. The Hall–Kier alpha value is -2.04. The average Bonchev–Trinajstić information content (AvgIpc) is 2.43. The van der Waals surface area contributed by atoms with Crippen LogP contribution in [0.4, 0.5) is 5.69 Å². The fourth-order valence-electron chi connectivity index (χ4n) is 2.18. The van der Waals surface area contributed by atoms with Crippen molar-refractivity contribution in [3.8, 4) is 5.75 Å². The van der Waals surface area contributed by atoms with E-state index in [0.717, 1.165) is 33.2 Å². The van der Waals surface area contributed by atoms with Crippen LogP contribution < -0.4 is 16.0 Å². The van der Waals surface area contributed by atoms with Crippen molar-refractivity contribution in [3.63, 3.8) is 0 Å². The molecule has 5 heteroatoms. The summed E-state index contributed by atoms with van der Waals surface area (Å²) >= 11 is 6.01. The van der Waals surface area contributed by atoms with Crippen LogP contribution in [0, 0.1) is 0 Å². The maximum Gasteiger partial charge on any atom is 0.121 e. The molecule has 2 aromatic carbocycles. The Morgan fingerprint density at radius 2 is 1.79 bits per heavy atom. The minimum atomic E-state index is 0.644. The van der Waals surface area contributed by atoms with Gasteiger partial charge in [0, 0.05) is 21.9 Å². The molecule has 96 valence electrons. The number of fused-ring (bicyclic) bond motifs is 2. The Kier molecular flexibility index (Phi) is 2.89. The Balaban J connectivity index is 2.44. The second kappa shape index (κ2) is 4.57. The number of nitrogen functional groups attached to an aromatic ring is 1. The van der Waals surface area contributed by atoms with Crippen molar-refractivity contribution in [1.29, 1.82) is 0 Å². The summed E-state index contributed by atoms with van der Waals surface area (Å²) in [5.41, 5.74) is 5.18. The van der Waals surface area contributed by atoms with Crippen LogP contribution in [0.15, 0.2) is 36.4 Å². The number of hydrazine groups is 1. The number of rotatable bonds is 2. The largest absolute Gasteiger partial charge is 0.497 e. The lowest BCUT2D eigenvalue weighted by Crippen LogP contribution is -2.08. The highest BCUT2D eigenvalue weighted by Gasteiger charge is 2.09. The molecule has 0 spiro atoms. The monoisotopic (exact) mass is 273 g/mol. The molecular weight excluding hydrogens is 262 g/mol. The van der Waals surface area contributed by atoms with Crippen LogP contribution in [0.2, 0.25) is 5.02 Å². The maximum atomic E-state index is 6.01. The number of hydrogen-bond acceptors (Lipinski definition) is 4. The molecule has 19 heavy (non-hydrogen) atoms. The Morgan fingerprint density at radius 1 is 1.11 bits per heavy atom. The van der Waals surface area contributed by atoms with Gasteiger partial charge in [-0.05, 0) is 30.3 Å². The molecule has 0 saturated carbocycles. The van der Waals surface area contributed by atoms with E-state index < -0.39 is 0 Å². The van der Waals surface area contributed by atoms with E-state index in [9.17, 15) is 0 Å². The van der Waals surface area contributed by atoms with Crippen LogP contribution in [-0.4, -0.2) is 12.1 Å². The van der Waals surface area contributed by atoms with Gasteiger partial charge in [0.05, 0.1) is 23.8 Å². The number of ether oxygens (including phenoxy) is 1. The standard InChI is InChI=1S/C14H12ClN3O/c1-19-9-3-5-11-13(7-9)17-12-6-8(15)2-4-10(12)14(11)18-16/h2-7H,16H2,1H3,(H,17,18). The van der Waals surface area contributed by atoms with Gasteiger partial charge in [0.25, 0.3) is 0 Å². The van der Waals surface area contributed by atoms with Gasteiger partial charge in [-0.15, -0.1) is 0 Å². The van der Waals surface area contributed by atoms with Crippen LogP contribution in [0.3, 0.4) is 0 Å². The van der Waals surface area contributed by atoms with E-state index in [1.54, 1.807) is 7.11 Å². The van der Waals surface area contributed by atoms with Crippen LogP contribution in [-0.2, 0) is 0 Å². The van der Waals surface area contributed by atoms with Crippen LogP contribution in [0.25, 0.3) is 21.8 Å². The van der Waals surface area contributed by atoms with Gasteiger partial charge in [-0.25, -0.2) is 4.98 Å². The summed E-state index contributed by atoms with van der Waals surface area (Å²) in [6, 6.07) is 11.2. The number of nitrogens with one attached hydrogen (secondary N) is 1.